The van der Waals surface area contributed by atoms with Crippen molar-refractivity contribution < 1.29 is 9.59 Å². The van der Waals surface area contributed by atoms with Gasteiger partial charge in [-0.15, -0.1) is 34.9 Å². The predicted molar refractivity (Wildman–Crippen MR) is 199 cm³/mol. The normalized spacial score (nSPS) is 16.7. The molecule has 1 aromatic heterocycles. The lowest BCUT2D eigenvalue weighted by atomic mass is 10.0. The SMILES string of the molecule is Cc1ccc(-c2csc(NC(=O)C(Sc3cccc(NC(=O)N4c5ccccc5SC5C=CC=CC54)c3)c3ccccc3)c2C#N)cc1. The Morgan fingerprint density at radius 1 is 0.896 bits per heavy atom. The molecule has 0 fully saturated rings. The number of nitrogens with one attached hydrogen (secondary N) is 2. The molecule has 9 heteroatoms. The quantitative estimate of drug-likeness (QED) is 0.167. The number of fused-ring (bicyclic) bond motifs is 2. The van der Waals surface area contributed by atoms with Crippen molar-refractivity contribution in [1.29, 1.82) is 5.26 Å². The molecule has 2 N–H and O–H groups in total. The molecule has 7 rings (SSSR count). The summed E-state index contributed by atoms with van der Waals surface area (Å²) >= 11 is 4.50. The summed E-state index contributed by atoms with van der Waals surface area (Å²) in [5.41, 5.74) is 5.65. The van der Waals surface area contributed by atoms with Crippen LogP contribution in [0.15, 0.2) is 143 Å². The fraction of sp³-hybridized carbons (Fsp3) is 0.103. The minimum absolute atomic E-state index is 0.110. The van der Waals surface area contributed by atoms with Crippen molar-refractivity contribution in [3.8, 4) is 17.2 Å². The molecule has 2 heterocycles. The number of thioether (sulfide) groups is 2. The Bertz CT molecular complexity index is 2080. The van der Waals surface area contributed by atoms with Crippen molar-refractivity contribution in [2.75, 3.05) is 15.5 Å². The zero-order valence-corrected chi connectivity index (χ0v) is 28.3. The Labute approximate surface area is 292 Å². The minimum atomic E-state index is -0.612. The van der Waals surface area contributed by atoms with Crippen molar-refractivity contribution >= 4 is 63.2 Å². The van der Waals surface area contributed by atoms with E-state index < -0.39 is 5.25 Å². The van der Waals surface area contributed by atoms with E-state index in [1.54, 1.807) is 11.8 Å². The van der Waals surface area contributed by atoms with Crippen LogP contribution in [0.4, 0.5) is 21.2 Å². The van der Waals surface area contributed by atoms with Gasteiger partial charge >= 0.3 is 6.03 Å². The number of rotatable bonds is 7. The molecule has 5 aromatic rings. The first-order valence-electron chi connectivity index (χ1n) is 15.4. The number of nitrogens with zero attached hydrogens (tertiary/aromatic N) is 2. The molecule has 2 aliphatic rings. The van der Waals surface area contributed by atoms with Crippen molar-refractivity contribution in [2.45, 2.75) is 33.3 Å². The number of allylic oxidation sites excluding steroid dienone is 2. The van der Waals surface area contributed by atoms with Gasteiger partial charge in [0, 0.05) is 26.4 Å². The second-order valence-corrected chi connectivity index (χ2v) is 14.6. The van der Waals surface area contributed by atoms with Gasteiger partial charge in [-0.1, -0.05) is 103 Å². The van der Waals surface area contributed by atoms with Crippen LogP contribution in [-0.4, -0.2) is 23.2 Å². The molecule has 0 saturated heterocycles. The number of para-hydroxylation sites is 1. The number of hydrogen-bond acceptors (Lipinski definition) is 6. The van der Waals surface area contributed by atoms with Gasteiger partial charge in [-0.3, -0.25) is 9.69 Å². The van der Waals surface area contributed by atoms with Gasteiger partial charge in [0.05, 0.1) is 22.5 Å². The molecule has 1 aliphatic carbocycles. The molecule has 48 heavy (non-hydrogen) atoms. The molecular formula is C39H30N4O2S3. The van der Waals surface area contributed by atoms with Gasteiger partial charge in [0.1, 0.15) is 16.3 Å². The molecule has 1 aliphatic heterocycles. The lowest BCUT2D eigenvalue weighted by Crippen LogP contribution is -2.49. The fourth-order valence-corrected chi connectivity index (χ4v) is 9.04. The summed E-state index contributed by atoms with van der Waals surface area (Å²) in [4.78, 5) is 31.6. The van der Waals surface area contributed by atoms with Gasteiger partial charge in [-0.2, -0.15) is 5.26 Å². The van der Waals surface area contributed by atoms with Crippen molar-refractivity contribution in [3.63, 3.8) is 0 Å². The van der Waals surface area contributed by atoms with Gasteiger partial charge in [0.2, 0.25) is 5.91 Å². The number of amides is 3. The fourth-order valence-electron chi connectivity index (χ4n) is 5.78. The monoisotopic (exact) mass is 682 g/mol. The lowest BCUT2D eigenvalue weighted by molar-refractivity contribution is -0.115. The molecule has 0 spiro atoms. The van der Waals surface area contributed by atoms with Crippen molar-refractivity contribution in [1.82, 2.24) is 0 Å². The zero-order valence-electron chi connectivity index (χ0n) is 25.9. The van der Waals surface area contributed by atoms with Crippen LogP contribution >= 0.6 is 34.9 Å². The van der Waals surface area contributed by atoms with Gasteiger partial charge in [-0.25, -0.2) is 4.79 Å². The largest absolute Gasteiger partial charge is 0.326 e. The van der Waals surface area contributed by atoms with E-state index in [1.165, 1.54) is 23.1 Å². The Morgan fingerprint density at radius 3 is 2.48 bits per heavy atom. The van der Waals surface area contributed by atoms with Crippen molar-refractivity contribution in [3.05, 3.63) is 150 Å². The van der Waals surface area contributed by atoms with Crippen LogP contribution in [0, 0.1) is 18.3 Å². The van der Waals surface area contributed by atoms with Crippen LogP contribution in [0.5, 0.6) is 0 Å². The summed E-state index contributed by atoms with van der Waals surface area (Å²) in [6, 6.07) is 35.1. The second-order valence-electron chi connectivity index (χ2n) is 11.4. The number of aryl methyl sites for hydroxylation is 1. The molecule has 0 radical (unpaired) electrons. The number of benzene rings is 4. The Balaban J connectivity index is 1.13. The Kier molecular flexibility index (Phi) is 9.21. The summed E-state index contributed by atoms with van der Waals surface area (Å²) in [6.45, 7) is 2.02. The number of hydrogen-bond donors (Lipinski definition) is 2. The number of thiophene rings is 1. The van der Waals surface area contributed by atoms with E-state index in [4.69, 9.17) is 0 Å². The maximum absolute atomic E-state index is 14.0. The van der Waals surface area contributed by atoms with Crippen LogP contribution in [0.2, 0.25) is 0 Å². The average Bonchev–Trinajstić information content (AvgIpc) is 3.52. The highest BCUT2D eigenvalue weighted by Crippen LogP contribution is 2.44. The molecule has 3 amide bonds. The summed E-state index contributed by atoms with van der Waals surface area (Å²) < 4.78 is 0. The van der Waals surface area contributed by atoms with E-state index in [2.05, 4.69) is 28.9 Å². The third-order valence-corrected chi connectivity index (χ3v) is 11.6. The van der Waals surface area contributed by atoms with Crippen LogP contribution in [0.3, 0.4) is 0 Å². The highest BCUT2D eigenvalue weighted by atomic mass is 32.2. The van der Waals surface area contributed by atoms with Gasteiger partial charge in [0.15, 0.2) is 0 Å². The smallest absolute Gasteiger partial charge is 0.315 e. The van der Waals surface area contributed by atoms with Crippen LogP contribution in [0.1, 0.15) is 21.9 Å². The van der Waals surface area contributed by atoms with Crippen LogP contribution in [0.25, 0.3) is 11.1 Å². The molecule has 236 valence electrons. The topological polar surface area (TPSA) is 85.2 Å². The number of nitriles is 1. The minimum Gasteiger partial charge on any atom is -0.315 e. The maximum Gasteiger partial charge on any atom is 0.326 e. The van der Waals surface area contributed by atoms with E-state index in [1.807, 2.05) is 132 Å². The number of anilines is 3. The number of urea groups is 1. The number of carbonyl (C=O) groups excluding carboxylic acids is 2. The van der Waals surface area contributed by atoms with Gasteiger partial charge in [-0.05, 0) is 48.4 Å². The Morgan fingerprint density at radius 2 is 1.67 bits per heavy atom. The Hall–Kier alpha value is -5.01. The third kappa shape index (κ3) is 6.56. The molecule has 6 nitrogen and oxygen atoms in total. The highest BCUT2D eigenvalue weighted by Gasteiger charge is 2.36. The first-order valence-corrected chi connectivity index (χ1v) is 18.0. The van der Waals surface area contributed by atoms with Crippen LogP contribution < -0.4 is 15.5 Å². The van der Waals surface area contributed by atoms with Gasteiger partial charge < -0.3 is 10.6 Å². The first kappa shape index (κ1) is 31.6. The highest BCUT2D eigenvalue weighted by molar-refractivity contribution is 8.00. The standard InChI is InChI=1S/C39H30N4O2S3/c1-25-18-20-26(21-19-25)31-24-46-38(30(31)23-40)42-37(44)36(27-10-3-2-4-11-27)47-29-13-9-12-28(22-29)41-39(45)43-32-14-5-7-16-34(32)48-35-17-8-6-15-33(35)43/h2-22,24,32,34,36H,1H3,(H,41,45)(H,42,44). The number of carbonyl (C=O) groups is 2. The lowest BCUT2D eigenvalue weighted by Gasteiger charge is -2.40. The third-order valence-electron chi connectivity index (χ3n) is 8.14. The van der Waals surface area contributed by atoms with E-state index in [9.17, 15) is 14.9 Å². The van der Waals surface area contributed by atoms with Gasteiger partial charge in [0.25, 0.3) is 0 Å². The molecule has 0 bridgehead atoms. The average molecular weight is 683 g/mol. The van der Waals surface area contributed by atoms with E-state index in [0.29, 0.717) is 16.3 Å². The summed E-state index contributed by atoms with van der Waals surface area (Å²) in [5, 5.41) is 18.2. The first-order chi connectivity index (χ1) is 23.5. The summed E-state index contributed by atoms with van der Waals surface area (Å²) in [5.74, 6) is -0.236. The summed E-state index contributed by atoms with van der Waals surface area (Å²) in [6.07, 6.45) is 8.22. The van der Waals surface area contributed by atoms with Crippen molar-refractivity contribution in [2.24, 2.45) is 0 Å². The molecule has 4 aromatic carbocycles. The van der Waals surface area contributed by atoms with E-state index in [-0.39, 0.29) is 23.2 Å². The van der Waals surface area contributed by atoms with Crippen LogP contribution in [-0.2, 0) is 4.79 Å². The van der Waals surface area contributed by atoms with E-state index in [0.717, 1.165) is 37.7 Å². The zero-order chi connectivity index (χ0) is 33.0. The molecule has 3 unspecified atom stereocenters. The maximum atomic E-state index is 14.0. The molecule has 3 atom stereocenters. The molecule has 0 saturated carbocycles. The second kappa shape index (κ2) is 14.0. The predicted octanol–water partition coefficient (Wildman–Crippen LogP) is 10.1. The van der Waals surface area contributed by atoms with E-state index >= 15 is 0 Å². The summed E-state index contributed by atoms with van der Waals surface area (Å²) in [7, 11) is 0. The molecular weight excluding hydrogens is 653 g/mol.